The van der Waals surface area contributed by atoms with E-state index < -0.39 is 17.7 Å². The summed E-state index contributed by atoms with van der Waals surface area (Å²) >= 11 is 0. The lowest BCUT2D eigenvalue weighted by Gasteiger charge is -2.07. The van der Waals surface area contributed by atoms with Gasteiger partial charge in [-0.2, -0.15) is 13.2 Å². The predicted molar refractivity (Wildman–Crippen MR) is 48.1 cm³/mol. The monoisotopic (exact) mass is 230 g/mol. The molecule has 1 aromatic heterocycles. The third kappa shape index (κ3) is 1.50. The Balaban J connectivity index is 2.79. The van der Waals surface area contributed by atoms with Crippen LogP contribution < -0.4 is 0 Å². The predicted octanol–water partition coefficient (Wildman–Crippen LogP) is 2.28. The second-order valence-corrected chi connectivity index (χ2v) is 3.09. The topological polar surface area (TPSA) is 66.0 Å². The van der Waals surface area contributed by atoms with Crippen molar-refractivity contribution >= 4 is 17.0 Å². The van der Waals surface area contributed by atoms with Crippen molar-refractivity contribution in [3.63, 3.8) is 0 Å². The van der Waals surface area contributed by atoms with E-state index in [1.54, 1.807) is 0 Å². The van der Waals surface area contributed by atoms with Gasteiger partial charge < -0.3 is 10.1 Å². The summed E-state index contributed by atoms with van der Waals surface area (Å²) in [4.78, 5) is 16.6. The van der Waals surface area contributed by atoms with E-state index >= 15 is 0 Å². The normalized spacial score (nSPS) is 11.9. The molecule has 0 bridgehead atoms. The maximum absolute atomic E-state index is 12.5. The van der Waals surface area contributed by atoms with Gasteiger partial charge in [0.15, 0.2) is 0 Å². The molecule has 0 spiro atoms. The first-order chi connectivity index (χ1) is 7.41. The van der Waals surface area contributed by atoms with Gasteiger partial charge in [0.2, 0.25) is 0 Å². The van der Waals surface area contributed by atoms with Gasteiger partial charge >= 0.3 is 12.1 Å². The average molecular weight is 230 g/mol. The zero-order chi connectivity index (χ0) is 11.9. The number of halogens is 3. The van der Waals surface area contributed by atoms with E-state index in [2.05, 4.69) is 9.97 Å². The van der Waals surface area contributed by atoms with Gasteiger partial charge in [0.05, 0.1) is 23.0 Å². The molecule has 7 heteroatoms. The lowest BCUT2D eigenvalue weighted by molar-refractivity contribution is -0.136. The van der Waals surface area contributed by atoms with E-state index in [-0.39, 0.29) is 16.6 Å². The highest BCUT2D eigenvalue weighted by molar-refractivity contribution is 6.01. The standard InChI is InChI=1S/C9H5F3N2O2/c10-9(11,12)5-2-1-4(8(15)16)6-7(5)14-3-13-6/h1-3H,(H,13,14)(H,15,16). The summed E-state index contributed by atoms with van der Waals surface area (Å²) in [6, 6.07) is 1.62. The van der Waals surface area contributed by atoms with Gasteiger partial charge in [-0.1, -0.05) is 0 Å². The first-order valence-electron chi connectivity index (χ1n) is 4.18. The van der Waals surface area contributed by atoms with Crippen LogP contribution in [0.25, 0.3) is 11.0 Å². The van der Waals surface area contributed by atoms with Crippen LogP contribution in [-0.2, 0) is 6.18 Å². The number of carbonyl (C=O) groups is 1. The summed E-state index contributed by atoms with van der Waals surface area (Å²) < 4.78 is 37.6. The molecule has 4 nitrogen and oxygen atoms in total. The number of rotatable bonds is 1. The molecule has 2 N–H and O–H groups in total. The van der Waals surface area contributed by atoms with Crippen molar-refractivity contribution in [3.8, 4) is 0 Å². The second kappa shape index (κ2) is 3.22. The number of H-pyrrole nitrogens is 1. The van der Waals surface area contributed by atoms with Crippen LogP contribution >= 0.6 is 0 Å². The third-order valence-corrected chi connectivity index (χ3v) is 2.12. The van der Waals surface area contributed by atoms with Crippen molar-refractivity contribution in [3.05, 3.63) is 29.6 Å². The van der Waals surface area contributed by atoms with Gasteiger partial charge in [-0.05, 0) is 12.1 Å². The Labute approximate surface area is 86.7 Å². The second-order valence-electron chi connectivity index (χ2n) is 3.09. The Morgan fingerprint density at radius 1 is 1.38 bits per heavy atom. The summed E-state index contributed by atoms with van der Waals surface area (Å²) in [5.74, 6) is -1.30. The number of aromatic carboxylic acids is 1. The lowest BCUT2D eigenvalue weighted by atomic mass is 10.1. The lowest BCUT2D eigenvalue weighted by Crippen LogP contribution is -2.07. The molecule has 0 amide bonds. The van der Waals surface area contributed by atoms with Crippen LogP contribution in [-0.4, -0.2) is 21.0 Å². The number of aromatic amines is 1. The van der Waals surface area contributed by atoms with E-state index in [9.17, 15) is 18.0 Å². The summed E-state index contributed by atoms with van der Waals surface area (Å²) in [5.41, 5.74) is -1.69. The van der Waals surface area contributed by atoms with E-state index in [1.165, 1.54) is 0 Å². The molecule has 0 atom stereocenters. The van der Waals surface area contributed by atoms with E-state index in [4.69, 9.17) is 5.11 Å². The molecular weight excluding hydrogens is 225 g/mol. The van der Waals surface area contributed by atoms with Crippen LogP contribution in [0, 0.1) is 0 Å². The number of imidazole rings is 1. The molecular formula is C9H5F3N2O2. The van der Waals surface area contributed by atoms with Crippen molar-refractivity contribution in [1.82, 2.24) is 9.97 Å². The molecule has 0 fully saturated rings. The number of hydrogen-bond donors (Lipinski definition) is 2. The Morgan fingerprint density at radius 2 is 2.06 bits per heavy atom. The first-order valence-corrected chi connectivity index (χ1v) is 4.18. The SMILES string of the molecule is O=C(O)c1ccc(C(F)(F)F)c2nc[nH]c12. The minimum atomic E-state index is -4.55. The number of benzene rings is 1. The van der Waals surface area contributed by atoms with E-state index in [0.29, 0.717) is 6.07 Å². The summed E-state index contributed by atoms with van der Waals surface area (Å²) in [5, 5.41) is 8.77. The number of nitrogens with zero attached hydrogens (tertiary/aromatic N) is 1. The average Bonchev–Trinajstić information content (AvgIpc) is 2.61. The highest BCUT2D eigenvalue weighted by atomic mass is 19.4. The Morgan fingerprint density at radius 3 is 2.62 bits per heavy atom. The zero-order valence-corrected chi connectivity index (χ0v) is 7.67. The zero-order valence-electron chi connectivity index (χ0n) is 7.67. The molecule has 0 radical (unpaired) electrons. The Kier molecular flexibility index (Phi) is 2.11. The molecule has 2 rings (SSSR count). The van der Waals surface area contributed by atoms with Gasteiger partial charge in [0.1, 0.15) is 5.52 Å². The highest BCUT2D eigenvalue weighted by Crippen LogP contribution is 2.34. The number of carboxylic acid groups (broad SMARTS) is 1. The maximum atomic E-state index is 12.5. The molecule has 2 aromatic rings. The highest BCUT2D eigenvalue weighted by Gasteiger charge is 2.34. The largest absolute Gasteiger partial charge is 0.478 e. The Bertz CT molecular complexity index is 559. The molecule has 0 aliphatic heterocycles. The van der Waals surface area contributed by atoms with Gasteiger partial charge in [-0.3, -0.25) is 0 Å². The van der Waals surface area contributed by atoms with Gasteiger partial charge in [0.25, 0.3) is 0 Å². The van der Waals surface area contributed by atoms with E-state index in [1.807, 2.05) is 0 Å². The molecule has 1 heterocycles. The minimum Gasteiger partial charge on any atom is -0.478 e. The number of fused-ring (bicyclic) bond motifs is 1. The van der Waals surface area contributed by atoms with Crippen LogP contribution in [0.4, 0.5) is 13.2 Å². The Hall–Kier alpha value is -2.05. The number of aromatic nitrogens is 2. The number of hydrogen-bond acceptors (Lipinski definition) is 2. The molecule has 0 unspecified atom stereocenters. The fourth-order valence-electron chi connectivity index (χ4n) is 1.44. The van der Waals surface area contributed by atoms with Gasteiger partial charge in [-0.25, -0.2) is 9.78 Å². The third-order valence-electron chi connectivity index (χ3n) is 2.12. The van der Waals surface area contributed by atoms with E-state index in [0.717, 1.165) is 12.4 Å². The quantitative estimate of drug-likeness (QED) is 0.789. The van der Waals surface area contributed by atoms with Crippen molar-refractivity contribution in [2.45, 2.75) is 6.18 Å². The van der Waals surface area contributed by atoms with Crippen LogP contribution in [0.1, 0.15) is 15.9 Å². The smallest absolute Gasteiger partial charge is 0.418 e. The number of carboxylic acids is 1. The first kappa shape index (κ1) is 10.5. The summed E-state index contributed by atoms with van der Waals surface area (Å²) in [7, 11) is 0. The minimum absolute atomic E-state index is 0.123. The van der Waals surface area contributed by atoms with Crippen LogP contribution in [0.2, 0.25) is 0 Å². The molecule has 1 aromatic carbocycles. The fourth-order valence-corrected chi connectivity index (χ4v) is 1.44. The molecule has 0 saturated heterocycles. The summed E-state index contributed by atoms with van der Waals surface area (Å²) in [6.07, 6.45) is -3.52. The van der Waals surface area contributed by atoms with Gasteiger partial charge in [-0.15, -0.1) is 0 Å². The van der Waals surface area contributed by atoms with Crippen molar-refractivity contribution in [1.29, 1.82) is 0 Å². The van der Waals surface area contributed by atoms with Gasteiger partial charge in [0, 0.05) is 0 Å². The van der Waals surface area contributed by atoms with Crippen LogP contribution in [0.15, 0.2) is 18.5 Å². The van der Waals surface area contributed by atoms with Crippen LogP contribution in [0.5, 0.6) is 0 Å². The van der Waals surface area contributed by atoms with Crippen LogP contribution in [0.3, 0.4) is 0 Å². The number of alkyl halides is 3. The molecule has 84 valence electrons. The molecule has 0 saturated carbocycles. The van der Waals surface area contributed by atoms with Crippen molar-refractivity contribution in [2.24, 2.45) is 0 Å². The summed E-state index contributed by atoms with van der Waals surface area (Å²) in [6.45, 7) is 0. The van der Waals surface area contributed by atoms with Crippen molar-refractivity contribution < 1.29 is 23.1 Å². The maximum Gasteiger partial charge on any atom is 0.418 e. The number of nitrogens with one attached hydrogen (secondary N) is 1. The fraction of sp³-hybridized carbons (Fsp3) is 0.111. The molecule has 0 aliphatic rings. The molecule has 16 heavy (non-hydrogen) atoms. The molecule has 0 aliphatic carbocycles. The van der Waals surface area contributed by atoms with Crippen molar-refractivity contribution in [2.75, 3.05) is 0 Å².